The van der Waals surface area contributed by atoms with Gasteiger partial charge in [0.25, 0.3) is 11.7 Å². The van der Waals surface area contributed by atoms with E-state index >= 15 is 0 Å². The number of nitrogens with zero attached hydrogens (tertiary/aromatic N) is 1. The molecule has 0 aliphatic carbocycles. The summed E-state index contributed by atoms with van der Waals surface area (Å²) in [4.78, 5) is 40.6. The molecule has 0 aromatic heterocycles. The van der Waals surface area contributed by atoms with Gasteiger partial charge in [-0.1, -0.05) is 39.8 Å². The molecular formula is C33H35NO7. The van der Waals surface area contributed by atoms with Gasteiger partial charge in [0.05, 0.1) is 30.4 Å². The van der Waals surface area contributed by atoms with Gasteiger partial charge in [0.1, 0.15) is 17.3 Å². The number of esters is 1. The molecule has 1 amide bonds. The van der Waals surface area contributed by atoms with E-state index in [9.17, 15) is 24.6 Å². The van der Waals surface area contributed by atoms with Crippen LogP contribution in [0.4, 0.5) is 5.69 Å². The third-order valence-electron chi connectivity index (χ3n) is 6.83. The predicted molar refractivity (Wildman–Crippen MR) is 156 cm³/mol. The van der Waals surface area contributed by atoms with Crippen LogP contribution in [0.5, 0.6) is 11.5 Å². The molecule has 1 fully saturated rings. The fourth-order valence-electron chi connectivity index (χ4n) is 4.81. The van der Waals surface area contributed by atoms with Crippen LogP contribution in [-0.2, 0) is 19.7 Å². The van der Waals surface area contributed by atoms with E-state index in [0.717, 1.165) is 5.56 Å². The molecule has 4 rings (SSSR count). The van der Waals surface area contributed by atoms with Crippen LogP contribution in [0.3, 0.4) is 0 Å². The lowest BCUT2D eigenvalue weighted by molar-refractivity contribution is -0.132. The number of amides is 1. The molecule has 1 aliphatic heterocycles. The van der Waals surface area contributed by atoms with Crippen molar-refractivity contribution in [2.45, 2.75) is 52.5 Å². The van der Waals surface area contributed by atoms with E-state index in [1.807, 2.05) is 34.6 Å². The van der Waals surface area contributed by atoms with Gasteiger partial charge in [-0.3, -0.25) is 14.5 Å². The number of aromatic hydroxyl groups is 1. The molecule has 1 aliphatic rings. The number of aliphatic hydroxyl groups excluding tert-OH is 1. The molecule has 1 saturated heterocycles. The van der Waals surface area contributed by atoms with Crippen LogP contribution in [0.2, 0.25) is 0 Å². The first-order valence-electron chi connectivity index (χ1n) is 13.6. The molecule has 3 aromatic rings. The van der Waals surface area contributed by atoms with Crippen LogP contribution in [0, 0.1) is 0 Å². The van der Waals surface area contributed by atoms with Crippen LogP contribution in [0.1, 0.15) is 74.1 Å². The number of carbonyl (C=O) groups is 3. The maximum absolute atomic E-state index is 13.5. The van der Waals surface area contributed by atoms with E-state index in [0.29, 0.717) is 47.8 Å². The Bertz CT molecular complexity index is 1480. The molecule has 41 heavy (non-hydrogen) atoms. The monoisotopic (exact) mass is 557 g/mol. The third kappa shape index (κ3) is 5.96. The number of benzene rings is 3. The van der Waals surface area contributed by atoms with E-state index in [1.165, 1.54) is 29.2 Å². The van der Waals surface area contributed by atoms with E-state index in [-0.39, 0.29) is 22.5 Å². The van der Waals surface area contributed by atoms with Crippen molar-refractivity contribution in [2.24, 2.45) is 0 Å². The molecule has 0 spiro atoms. The molecule has 1 heterocycles. The van der Waals surface area contributed by atoms with Gasteiger partial charge in [0, 0.05) is 16.8 Å². The highest BCUT2D eigenvalue weighted by Gasteiger charge is 2.47. The minimum atomic E-state index is -0.988. The number of ketones is 1. The maximum Gasteiger partial charge on any atom is 0.338 e. The highest BCUT2D eigenvalue weighted by molar-refractivity contribution is 6.51. The Hall–Kier alpha value is -4.59. The van der Waals surface area contributed by atoms with E-state index in [2.05, 4.69) is 0 Å². The molecule has 0 saturated carbocycles. The van der Waals surface area contributed by atoms with Crippen LogP contribution < -0.4 is 9.64 Å². The molecule has 3 aromatic carbocycles. The minimum Gasteiger partial charge on any atom is -0.508 e. The van der Waals surface area contributed by atoms with Crippen LogP contribution in [0.15, 0.2) is 72.3 Å². The van der Waals surface area contributed by atoms with Gasteiger partial charge < -0.3 is 19.7 Å². The van der Waals surface area contributed by atoms with Crippen molar-refractivity contribution >= 4 is 29.1 Å². The van der Waals surface area contributed by atoms with Crippen LogP contribution in [-0.4, -0.2) is 41.1 Å². The molecule has 1 atom stereocenters. The normalized spacial score (nSPS) is 16.6. The second-order valence-electron chi connectivity index (χ2n) is 10.8. The Morgan fingerprint density at radius 1 is 0.927 bits per heavy atom. The average Bonchev–Trinajstić information content (AvgIpc) is 3.21. The third-order valence-corrected chi connectivity index (χ3v) is 6.83. The zero-order valence-corrected chi connectivity index (χ0v) is 23.9. The number of hydrogen-bond donors (Lipinski definition) is 2. The van der Waals surface area contributed by atoms with Gasteiger partial charge in [-0.05, 0) is 78.9 Å². The number of aliphatic hydroxyl groups is 1. The lowest BCUT2D eigenvalue weighted by Crippen LogP contribution is -2.29. The van der Waals surface area contributed by atoms with Crippen molar-refractivity contribution in [2.75, 3.05) is 18.1 Å². The number of Topliss-reactive ketones (excluding diaryl/α,β-unsaturated/α-hetero) is 1. The van der Waals surface area contributed by atoms with Gasteiger partial charge in [0.2, 0.25) is 0 Å². The summed E-state index contributed by atoms with van der Waals surface area (Å²) in [6.45, 7) is 10.6. The molecule has 1 unspecified atom stereocenters. The Labute approximate surface area is 239 Å². The maximum atomic E-state index is 13.5. The van der Waals surface area contributed by atoms with Gasteiger partial charge in [-0.15, -0.1) is 0 Å². The molecule has 8 nitrogen and oxygen atoms in total. The fraction of sp³-hybridized carbons (Fsp3) is 0.303. The number of phenolic OH excluding ortho intramolecular Hbond substituents is 1. The summed E-state index contributed by atoms with van der Waals surface area (Å²) in [5.41, 5.74) is 1.97. The number of carbonyl (C=O) groups excluding carboxylic acids is 3. The SMILES string of the molecule is CCCOC(=O)c1ccc(N2C(=O)C(=O)/C(=C(\O)c3ccc(OCC)c(C(C)(C)C)c3)C2c2ccc(O)cc2)cc1. The molecule has 0 radical (unpaired) electrons. The lowest BCUT2D eigenvalue weighted by Gasteiger charge is -2.26. The summed E-state index contributed by atoms with van der Waals surface area (Å²) in [6, 6.07) is 16.5. The van der Waals surface area contributed by atoms with E-state index < -0.39 is 23.7 Å². The predicted octanol–water partition coefficient (Wildman–Crippen LogP) is 6.28. The summed E-state index contributed by atoms with van der Waals surface area (Å²) in [5.74, 6) is -1.80. The molecule has 8 heteroatoms. The first kappa shape index (κ1) is 29.4. The summed E-state index contributed by atoms with van der Waals surface area (Å²) in [7, 11) is 0. The smallest absolute Gasteiger partial charge is 0.338 e. The van der Waals surface area contributed by atoms with Gasteiger partial charge in [-0.2, -0.15) is 0 Å². The average molecular weight is 558 g/mol. The largest absolute Gasteiger partial charge is 0.508 e. The van der Waals surface area contributed by atoms with Crippen molar-refractivity contribution < 1.29 is 34.1 Å². The number of anilines is 1. The zero-order chi connectivity index (χ0) is 29.9. The van der Waals surface area contributed by atoms with Crippen LogP contribution in [0.25, 0.3) is 5.76 Å². The summed E-state index contributed by atoms with van der Waals surface area (Å²) in [6.07, 6.45) is 0.687. The molecule has 2 N–H and O–H groups in total. The molecule has 0 bridgehead atoms. The lowest BCUT2D eigenvalue weighted by atomic mass is 9.84. The van der Waals surface area contributed by atoms with Gasteiger partial charge in [-0.25, -0.2) is 4.79 Å². The Morgan fingerprint density at radius 3 is 2.15 bits per heavy atom. The number of phenols is 1. The number of ether oxygens (including phenoxy) is 2. The minimum absolute atomic E-state index is 0.0157. The summed E-state index contributed by atoms with van der Waals surface area (Å²) in [5, 5.41) is 21.5. The zero-order valence-electron chi connectivity index (χ0n) is 23.9. The highest BCUT2D eigenvalue weighted by Crippen LogP contribution is 2.43. The summed E-state index contributed by atoms with van der Waals surface area (Å²) < 4.78 is 11.0. The standard InChI is InChI=1S/C33H35NO7/c1-6-18-41-32(39)21-8-13-23(14-9-21)34-28(20-10-15-24(35)16-11-20)27(30(37)31(34)38)29(36)22-12-17-26(40-7-2)25(19-22)33(3,4)5/h8-17,19,28,35-36H,6-7,18H2,1-5H3/b29-27-. The molecule has 214 valence electrons. The Morgan fingerprint density at radius 2 is 1.56 bits per heavy atom. The number of hydrogen-bond acceptors (Lipinski definition) is 7. The topological polar surface area (TPSA) is 113 Å². The number of rotatable bonds is 8. The first-order valence-corrected chi connectivity index (χ1v) is 13.6. The van der Waals surface area contributed by atoms with Crippen molar-refractivity contribution in [3.63, 3.8) is 0 Å². The highest BCUT2D eigenvalue weighted by atomic mass is 16.5. The van der Waals surface area contributed by atoms with Crippen molar-refractivity contribution in [3.8, 4) is 11.5 Å². The Kier molecular flexibility index (Phi) is 8.52. The fourth-order valence-corrected chi connectivity index (χ4v) is 4.81. The van der Waals surface area contributed by atoms with Crippen molar-refractivity contribution in [1.82, 2.24) is 0 Å². The van der Waals surface area contributed by atoms with Crippen molar-refractivity contribution in [1.29, 1.82) is 0 Å². The molecular weight excluding hydrogens is 522 g/mol. The van der Waals surface area contributed by atoms with Crippen LogP contribution >= 0.6 is 0 Å². The van der Waals surface area contributed by atoms with E-state index in [4.69, 9.17) is 9.47 Å². The van der Waals surface area contributed by atoms with Gasteiger partial charge >= 0.3 is 5.97 Å². The van der Waals surface area contributed by atoms with E-state index in [1.54, 1.807) is 42.5 Å². The van der Waals surface area contributed by atoms with Crippen molar-refractivity contribution in [3.05, 3.63) is 94.6 Å². The van der Waals surface area contributed by atoms with Gasteiger partial charge in [0.15, 0.2) is 0 Å². The second kappa shape index (κ2) is 11.9. The summed E-state index contributed by atoms with van der Waals surface area (Å²) >= 11 is 0. The quantitative estimate of drug-likeness (QED) is 0.145. The Balaban J connectivity index is 1.86. The second-order valence-corrected chi connectivity index (χ2v) is 10.8. The first-order chi connectivity index (χ1) is 19.5.